The van der Waals surface area contributed by atoms with Crippen LogP contribution in [-0.4, -0.2) is 35.8 Å². The maximum absolute atomic E-state index is 13.0. The van der Waals surface area contributed by atoms with Gasteiger partial charge >= 0.3 is 0 Å². The van der Waals surface area contributed by atoms with Crippen molar-refractivity contribution in [1.29, 1.82) is 0 Å². The standard InChI is InChI=1S/C24H26N6O2S/c1-16-10-8-9-13-20(16)29-18(3)26-27-24(29)33-15-14-21(31)25-22-17(2)28(4)30(23(22)32)19-11-6-5-7-12-19/h5-13H,14-15H2,1-4H3,(H,25,31). The molecule has 0 aliphatic rings. The minimum Gasteiger partial charge on any atom is -0.320 e. The summed E-state index contributed by atoms with van der Waals surface area (Å²) in [6, 6.07) is 17.4. The first-order valence-electron chi connectivity index (χ1n) is 10.6. The highest BCUT2D eigenvalue weighted by Gasteiger charge is 2.19. The summed E-state index contributed by atoms with van der Waals surface area (Å²) < 4.78 is 5.29. The molecule has 1 amide bonds. The molecule has 0 bridgehead atoms. The lowest BCUT2D eigenvalue weighted by molar-refractivity contribution is -0.115. The lowest BCUT2D eigenvalue weighted by Gasteiger charge is -2.11. The van der Waals surface area contributed by atoms with E-state index in [4.69, 9.17) is 0 Å². The molecule has 0 unspecified atom stereocenters. The fraction of sp³-hybridized carbons (Fsp3) is 0.250. The van der Waals surface area contributed by atoms with Crippen molar-refractivity contribution >= 4 is 23.4 Å². The third-order valence-electron chi connectivity index (χ3n) is 5.53. The fourth-order valence-corrected chi connectivity index (χ4v) is 4.61. The smallest absolute Gasteiger partial charge is 0.295 e. The van der Waals surface area contributed by atoms with Crippen LogP contribution in [0.2, 0.25) is 0 Å². The van der Waals surface area contributed by atoms with Gasteiger partial charge in [-0.2, -0.15) is 0 Å². The Labute approximate surface area is 196 Å². The van der Waals surface area contributed by atoms with Crippen LogP contribution < -0.4 is 10.9 Å². The van der Waals surface area contributed by atoms with Gasteiger partial charge in [-0.05, 0) is 44.5 Å². The number of benzene rings is 2. The van der Waals surface area contributed by atoms with E-state index in [1.807, 2.05) is 79.9 Å². The van der Waals surface area contributed by atoms with Gasteiger partial charge in [-0.15, -0.1) is 10.2 Å². The number of thioether (sulfide) groups is 1. The molecule has 0 radical (unpaired) electrons. The van der Waals surface area contributed by atoms with Gasteiger partial charge in [-0.1, -0.05) is 48.2 Å². The number of para-hydroxylation sites is 2. The molecule has 0 fully saturated rings. The molecular weight excluding hydrogens is 436 g/mol. The Bertz CT molecular complexity index is 1350. The Morgan fingerprint density at radius 1 is 1.00 bits per heavy atom. The predicted octanol–water partition coefficient (Wildman–Crippen LogP) is 3.80. The first-order valence-corrected chi connectivity index (χ1v) is 11.6. The number of carbonyl (C=O) groups is 1. The normalized spacial score (nSPS) is 11.0. The van der Waals surface area contributed by atoms with Gasteiger partial charge in [0.1, 0.15) is 11.5 Å². The van der Waals surface area contributed by atoms with Crippen molar-refractivity contribution in [1.82, 2.24) is 24.1 Å². The van der Waals surface area contributed by atoms with Crippen LogP contribution in [0.3, 0.4) is 0 Å². The number of rotatable bonds is 7. The number of aryl methyl sites for hydroxylation is 2. The van der Waals surface area contributed by atoms with Gasteiger partial charge in [0, 0.05) is 19.2 Å². The molecule has 2 heterocycles. The summed E-state index contributed by atoms with van der Waals surface area (Å²) >= 11 is 1.46. The fourth-order valence-electron chi connectivity index (χ4n) is 3.68. The highest BCUT2D eigenvalue weighted by Crippen LogP contribution is 2.24. The topological polar surface area (TPSA) is 86.7 Å². The first-order chi connectivity index (χ1) is 15.9. The van der Waals surface area contributed by atoms with Crippen LogP contribution in [0.15, 0.2) is 64.5 Å². The predicted molar refractivity (Wildman–Crippen MR) is 131 cm³/mol. The van der Waals surface area contributed by atoms with Gasteiger partial charge in [0.15, 0.2) is 5.16 Å². The Morgan fingerprint density at radius 2 is 1.70 bits per heavy atom. The maximum Gasteiger partial charge on any atom is 0.295 e. The van der Waals surface area contributed by atoms with Gasteiger partial charge in [0.25, 0.3) is 5.56 Å². The summed E-state index contributed by atoms with van der Waals surface area (Å²) in [6.07, 6.45) is 0.240. The molecule has 2 aromatic carbocycles. The van der Waals surface area contributed by atoms with E-state index in [2.05, 4.69) is 15.5 Å². The zero-order valence-corrected chi connectivity index (χ0v) is 19.9. The van der Waals surface area contributed by atoms with E-state index in [1.54, 1.807) is 16.4 Å². The molecule has 0 atom stereocenters. The van der Waals surface area contributed by atoms with E-state index in [-0.39, 0.29) is 17.9 Å². The summed E-state index contributed by atoms with van der Waals surface area (Å²) in [5, 5.41) is 12.0. The second kappa shape index (κ2) is 9.50. The number of anilines is 1. The van der Waals surface area contributed by atoms with Crippen molar-refractivity contribution in [2.45, 2.75) is 32.3 Å². The molecule has 4 aromatic rings. The molecule has 1 N–H and O–H groups in total. The molecule has 170 valence electrons. The summed E-state index contributed by atoms with van der Waals surface area (Å²) in [5.41, 5.74) is 3.63. The SMILES string of the molecule is Cc1ccccc1-n1c(C)nnc1SCCC(=O)Nc1c(C)n(C)n(-c2ccccc2)c1=O. The van der Waals surface area contributed by atoms with Gasteiger partial charge in [-0.25, -0.2) is 4.68 Å². The molecule has 8 nitrogen and oxygen atoms in total. The van der Waals surface area contributed by atoms with Crippen LogP contribution in [0.25, 0.3) is 11.4 Å². The average Bonchev–Trinajstić information content (AvgIpc) is 3.27. The zero-order valence-electron chi connectivity index (χ0n) is 19.1. The molecular formula is C24H26N6O2S. The molecule has 9 heteroatoms. The summed E-state index contributed by atoms with van der Waals surface area (Å²) in [7, 11) is 1.80. The number of amides is 1. The van der Waals surface area contributed by atoms with Crippen molar-refractivity contribution < 1.29 is 4.79 Å². The summed E-state index contributed by atoms with van der Waals surface area (Å²) in [4.78, 5) is 25.6. The van der Waals surface area contributed by atoms with Crippen LogP contribution >= 0.6 is 11.8 Å². The largest absolute Gasteiger partial charge is 0.320 e. The van der Waals surface area contributed by atoms with Crippen LogP contribution in [0.1, 0.15) is 23.5 Å². The molecule has 0 saturated heterocycles. The van der Waals surface area contributed by atoms with Crippen LogP contribution in [0, 0.1) is 20.8 Å². The Morgan fingerprint density at radius 3 is 2.42 bits per heavy atom. The quantitative estimate of drug-likeness (QED) is 0.422. The van der Waals surface area contributed by atoms with Crippen LogP contribution in [0.4, 0.5) is 5.69 Å². The van der Waals surface area contributed by atoms with Crippen molar-refractivity contribution in [2.75, 3.05) is 11.1 Å². The van der Waals surface area contributed by atoms with Gasteiger partial charge in [0.2, 0.25) is 5.91 Å². The minimum absolute atomic E-state index is 0.216. The van der Waals surface area contributed by atoms with E-state index in [0.717, 1.165) is 27.9 Å². The van der Waals surface area contributed by atoms with E-state index >= 15 is 0 Å². The van der Waals surface area contributed by atoms with E-state index in [9.17, 15) is 9.59 Å². The number of nitrogens with zero attached hydrogens (tertiary/aromatic N) is 5. The third-order valence-corrected chi connectivity index (χ3v) is 6.46. The van der Waals surface area contributed by atoms with Gasteiger partial charge < -0.3 is 5.32 Å². The highest BCUT2D eigenvalue weighted by molar-refractivity contribution is 7.99. The number of aromatic nitrogens is 5. The minimum atomic E-state index is -0.253. The lowest BCUT2D eigenvalue weighted by Crippen LogP contribution is -2.23. The van der Waals surface area contributed by atoms with E-state index in [1.165, 1.54) is 11.8 Å². The molecule has 0 aliphatic carbocycles. The summed E-state index contributed by atoms with van der Waals surface area (Å²) in [5.74, 6) is 1.08. The maximum atomic E-state index is 13.0. The van der Waals surface area contributed by atoms with Gasteiger partial charge in [0.05, 0.1) is 17.1 Å². The Kier molecular flexibility index (Phi) is 6.50. The molecule has 4 rings (SSSR count). The van der Waals surface area contributed by atoms with Crippen molar-refractivity contribution in [2.24, 2.45) is 7.05 Å². The molecule has 0 spiro atoms. The Balaban J connectivity index is 1.45. The molecule has 2 aromatic heterocycles. The third kappa shape index (κ3) is 4.49. The number of hydrogen-bond acceptors (Lipinski definition) is 5. The number of nitrogens with one attached hydrogen (secondary N) is 1. The molecule has 0 aliphatic heterocycles. The van der Waals surface area contributed by atoms with Crippen LogP contribution in [-0.2, 0) is 11.8 Å². The second-order valence-corrected chi connectivity index (χ2v) is 8.80. The van der Waals surface area contributed by atoms with Crippen molar-refractivity contribution in [3.8, 4) is 11.4 Å². The molecule has 0 saturated carbocycles. The zero-order chi connectivity index (χ0) is 23.5. The van der Waals surface area contributed by atoms with E-state index in [0.29, 0.717) is 17.1 Å². The number of hydrogen-bond donors (Lipinski definition) is 1. The second-order valence-electron chi connectivity index (χ2n) is 7.73. The van der Waals surface area contributed by atoms with Gasteiger partial charge in [-0.3, -0.25) is 18.8 Å². The highest BCUT2D eigenvalue weighted by atomic mass is 32.2. The van der Waals surface area contributed by atoms with E-state index < -0.39 is 0 Å². The number of carbonyl (C=O) groups excluding carboxylic acids is 1. The lowest BCUT2D eigenvalue weighted by atomic mass is 10.2. The van der Waals surface area contributed by atoms with Crippen molar-refractivity contribution in [3.05, 3.63) is 82.0 Å². The molecule has 33 heavy (non-hydrogen) atoms. The first kappa shape index (κ1) is 22.6. The van der Waals surface area contributed by atoms with Crippen molar-refractivity contribution in [3.63, 3.8) is 0 Å². The Hall–Kier alpha value is -3.59. The van der Waals surface area contributed by atoms with Crippen LogP contribution in [0.5, 0.6) is 0 Å². The average molecular weight is 463 g/mol. The summed E-state index contributed by atoms with van der Waals surface area (Å²) in [6.45, 7) is 5.77. The monoisotopic (exact) mass is 462 g/mol.